The summed E-state index contributed by atoms with van der Waals surface area (Å²) in [6, 6.07) is 19.2. The van der Waals surface area contributed by atoms with E-state index in [-0.39, 0.29) is 18.4 Å². The highest BCUT2D eigenvalue weighted by Gasteiger charge is 2.44. The van der Waals surface area contributed by atoms with Crippen LogP contribution in [0.25, 0.3) is 0 Å². The quantitative estimate of drug-likeness (QED) is 0.451. The smallest absolute Gasteiger partial charge is 0.347 e. The van der Waals surface area contributed by atoms with E-state index in [1.165, 1.54) is 0 Å². The highest BCUT2D eigenvalue weighted by Crippen LogP contribution is 2.35. The normalized spacial score (nSPS) is 11.2. The average molecular weight is 420 g/mol. The van der Waals surface area contributed by atoms with E-state index in [9.17, 15) is 4.79 Å². The van der Waals surface area contributed by atoms with E-state index >= 15 is 0 Å². The van der Waals surface area contributed by atoms with Crippen LogP contribution in [0.5, 0.6) is 0 Å². The topological polar surface area (TPSA) is 38.8 Å². The van der Waals surface area contributed by atoms with Crippen LogP contribution in [0.1, 0.15) is 44.7 Å². The molecule has 5 heteroatoms. The zero-order valence-corrected chi connectivity index (χ0v) is 18.6. The first-order valence-electron chi connectivity index (χ1n) is 10.3. The van der Waals surface area contributed by atoms with Gasteiger partial charge in [0.2, 0.25) is 5.60 Å². The molecule has 0 atom stereocenters. The fourth-order valence-electron chi connectivity index (χ4n) is 3.53. The molecule has 0 heterocycles. The molecule has 2 aromatic carbocycles. The predicted octanol–water partition coefficient (Wildman–Crippen LogP) is 5.05. The summed E-state index contributed by atoms with van der Waals surface area (Å²) in [5.41, 5.74) is 0.316. The third kappa shape index (κ3) is 6.56. The maximum Gasteiger partial charge on any atom is 0.347 e. The van der Waals surface area contributed by atoms with Crippen molar-refractivity contribution in [3.63, 3.8) is 0 Å². The molecule has 0 unspecified atom stereocenters. The fourth-order valence-corrected chi connectivity index (χ4v) is 3.53. The molecule has 0 saturated carbocycles. The minimum Gasteiger partial charge on any atom is -0.462 e. The van der Waals surface area contributed by atoms with Gasteiger partial charge in [0, 0.05) is 13.2 Å². The third-order valence-electron chi connectivity index (χ3n) is 4.73. The summed E-state index contributed by atoms with van der Waals surface area (Å²) in [7, 11) is 0. The molecule has 0 N–H and O–H groups in total. The first-order chi connectivity index (χ1) is 13.7. The molecule has 2 aromatic rings. The number of esters is 1. The third-order valence-corrected chi connectivity index (χ3v) is 4.73. The van der Waals surface area contributed by atoms with Crippen LogP contribution in [0.2, 0.25) is 0 Å². The maximum atomic E-state index is 13.4. The van der Waals surface area contributed by atoms with Gasteiger partial charge in [0.15, 0.2) is 0 Å². The summed E-state index contributed by atoms with van der Waals surface area (Å²) in [5, 5.41) is 0. The van der Waals surface area contributed by atoms with Gasteiger partial charge in [-0.15, -0.1) is 12.4 Å². The van der Waals surface area contributed by atoms with E-state index in [1.807, 2.05) is 67.6 Å². The Bertz CT molecular complexity index is 648. The second-order valence-corrected chi connectivity index (χ2v) is 6.82. The molecule has 4 nitrogen and oxygen atoms in total. The largest absolute Gasteiger partial charge is 0.462 e. The number of carbonyl (C=O) groups excluding carboxylic acids is 1. The Labute approximate surface area is 181 Å². The van der Waals surface area contributed by atoms with Crippen molar-refractivity contribution in [1.29, 1.82) is 0 Å². The fraction of sp³-hybridized carbons (Fsp3) is 0.458. The number of benzene rings is 2. The number of ether oxygens (including phenoxy) is 2. The lowest BCUT2D eigenvalue weighted by molar-refractivity contribution is -0.168. The van der Waals surface area contributed by atoms with Gasteiger partial charge in [0.25, 0.3) is 0 Å². The highest BCUT2D eigenvalue weighted by atomic mass is 35.5. The molecule has 29 heavy (non-hydrogen) atoms. The zero-order valence-electron chi connectivity index (χ0n) is 17.8. The molecule has 0 aliphatic carbocycles. The van der Waals surface area contributed by atoms with Gasteiger partial charge in [-0.3, -0.25) is 4.90 Å². The molecular weight excluding hydrogens is 386 g/mol. The van der Waals surface area contributed by atoms with Crippen molar-refractivity contribution < 1.29 is 14.3 Å². The van der Waals surface area contributed by atoms with Gasteiger partial charge < -0.3 is 9.47 Å². The van der Waals surface area contributed by atoms with Crippen molar-refractivity contribution in [1.82, 2.24) is 4.90 Å². The van der Waals surface area contributed by atoms with Crippen molar-refractivity contribution in [2.24, 2.45) is 0 Å². The number of hydrogen-bond acceptors (Lipinski definition) is 4. The summed E-state index contributed by atoms with van der Waals surface area (Å²) in [6.07, 6.45) is 2.18. The number of rotatable bonds is 12. The van der Waals surface area contributed by atoms with E-state index in [1.54, 1.807) is 0 Å². The lowest BCUT2D eigenvalue weighted by atomic mass is 9.86. The van der Waals surface area contributed by atoms with Gasteiger partial charge in [0.1, 0.15) is 6.61 Å². The molecule has 0 fully saturated rings. The van der Waals surface area contributed by atoms with E-state index in [0.29, 0.717) is 13.2 Å². The molecule has 0 amide bonds. The van der Waals surface area contributed by atoms with Crippen LogP contribution in [0.3, 0.4) is 0 Å². The van der Waals surface area contributed by atoms with Gasteiger partial charge in [-0.2, -0.15) is 0 Å². The van der Waals surface area contributed by atoms with Gasteiger partial charge in [-0.25, -0.2) is 4.79 Å². The van der Waals surface area contributed by atoms with Crippen LogP contribution in [-0.2, 0) is 19.9 Å². The number of nitrogens with zero attached hydrogens (tertiary/aromatic N) is 1. The van der Waals surface area contributed by atoms with Crippen LogP contribution in [0, 0.1) is 0 Å². The van der Waals surface area contributed by atoms with Crippen LogP contribution in [0.15, 0.2) is 60.7 Å². The Morgan fingerprint density at radius 2 is 1.31 bits per heavy atom. The molecule has 0 spiro atoms. The van der Waals surface area contributed by atoms with E-state index in [0.717, 1.165) is 43.6 Å². The first-order valence-corrected chi connectivity index (χ1v) is 10.3. The molecule has 0 saturated heterocycles. The van der Waals surface area contributed by atoms with Crippen molar-refractivity contribution in [2.75, 3.05) is 32.8 Å². The lowest BCUT2D eigenvalue weighted by Gasteiger charge is -2.32. The van der Waals surface area contributed by atoms with Crippen LogP contribution >= 0.6 is 12.4 Å². The minimum absolute atomic E-state index is 0. The number of halogens is 1. The summed E-state index contributed by atoms with van der Waals surface area (Å²) in [5.74, 6) is -0.361. The number of carbonyl (C=O) groups is 1. The summed E-state index contributed by atoms with van der Waals surface area (Å²) < 4.78 is 11.9. The molecule has 0 bridgehead atoms. The Hall–Kier alpha value is -1.88. The Kier molecular flexibility index (Phi) is 11.6. The number of hydrogen-bond donors (Lipinski definition) is 0. The van der Waals surface area contributed by atoms with Crippen molar-refractivity contribution in [3.05, 3.63) is 71.8 Å². The van der Waals surface area contributed by atoms with Crippen LogP contribution in [-0.4, -0.2) is 43.7 Å². The lowest BCUT2D eigenvalue weighted by Crippen LogP contribution is -2.42. The summed E-state index contributed by atoms with van der Waals surface area (Å²) in [4.78, 5) is 15.7. The second-order valence-electron chi connectivity index (χ2n) is 6.82. The molecule has 2 rings (SSSR count). The molecule has 0 radical (unpaired) electrons. The van der Waals surface area contributed by atoms with Crippen molar-refractivity contribution >= 4 is 18.4 Å². The standard InChI is InChI=1S/C24H33NO3.ClH/c1-4-17-25(18-5-2)19-20-27-23(26)24(28-6-3,21-13-9-7-10-14-21)22-15-11-8-12-16-22;/h7-16H,4-6,17-20H2,1-3H3;1H. The van der Waals surface area contributed by atoms with Gasteiger partial charge in [0.05, 0.1) is 0 Å². The van der Waals surface area contributed by atoms with Gasteiger partial charge >= 0.3 is 5.97 Å². The molecule has 0 aliphatic heterocycles. The molecule has 0 aromatic heterocycles. The van der Waals surface area contributed by atoms with Crippen molar-refractivity contribution in [3.8, 4) is 0 Å². The molecule has 160 valence electrons. The van der Waals surface area contributed by atoms with Crippen molar-refractivity contribution in [2.45, 2.75) is 39.2 Å². The Morgan fingerprint density at radius 1 is 0.828 bits per heavy atom. The molecule has 0 aliphatic rings. The van der Waals surface area contributed by atoms with E-state index in [2.05, 4.69) is 18.7 Å². The Morgan fingerprint density at radius 3 is 1.72 bits per heavy atom. The SMILES string of the molecule is CCCN(CCC)CCOC(=O)C(OCC)(c1ccccc1)c1ccccc1.Cl. The van der Waals surface area contributed by atoms with Gasteiger partial charge in [-0.05, 0) is 44.0 Å². The second kappa shape index (κ2) is 13.4. The zero-order chi connectivity index (χ0) is 20.2. The van der Waals surface area contributed by atoms with E-state index < -0.39 is 5.60 Å². The highest BCUT2D eigenvalue weighted by molar-refractivity contribution is 5.86. The predicted molar refractivity (Wildman–Crippen MR) is 121 cm³/mol. The van der Waals surface area contributed by atoms with Crippen LogP contribution in [0.4, 0.5) is 0 Å². The minimum atomic E-state index is -1.25. The van der Waals surface area contributed by atoms with E-state index in [4.69, 9.17) is 9.47 Å². The first kappa shape index (κ1) is 25.2. The maximum absolute atomic E-state index is 13.4. The monoisotopic (exact) mass is 419 g/mol. The summed E-state index contributed by atoms with van der Waals surface area (Å²) in [6.45, 7) is 9.75. The van der Waals surface area contributed by atoms with Gasteiger partial charge in [-0.1, -0.05) is 74.5 Å². The molecular formula is C24H34ClNO3. The Balaban J connectivity index is 0.00000420. The van der Waals surface area contributed by atoms with Crippen LogP contribution < -0.4 is 0 Å². The average Bonchev–Trinajstić information content (AvgIpc) is 2.73. The summed E-state index contributed by atoms with van der Waals surface area (Å²) >= 11 is 0.